The third kappa shape index (κ3) is 1.90. The van der Waals surface area contributed by atoms with Crippen molar-refractivity contribution in [2.45, 2.75) is 44.2 Å². The fourth-order valence-corrected chi connectivity index (χ4v) is 3.14. The van der Waals surface area contributed by atoms with Crippen molar-refractivity contribution in [2.24, 2.45) is 0 Å². The maximum Gasteiger partial charge on any atom is 0.311 e. The number of fused-ring (bicyclic) bond motifs is 2. The van der Waals surface area contributed by atoms with Crippen molar-refractivity contribution in [1.82, 2.24) is 15.0 Å². The van der Waals surface area contributed by atoms with Gasteiger partial charge in [-0.15, -0.1) is 0 Å². The monoisotopic (exact) mass is 309 g/mol. The Morgan fingerprint density at radius 2 is 2.14 bits per heavy atom. The van der Waals surface area contributed by atoms with Crippen LogP contribution in [-0.2, 0) is 14.2 Å². The number of hydrogen-bond donors (Lipinski definition) is 3. The molecule has 0 amide bonds. The summed E-state index contributed by atoms with van der Waals surface area (Å²) in [7, 11) is 0. The van der Waals surface area contributed by atoms with Crippen molar-refractivity contribution in [2.75, 3.05) is 6.61 Å². The lowest BCUT2D eigenvalue weighted by atomic mass is 10.1. The van der Waals surface area contributed by atoms with Crippen molar-refractivity contribution in [3.63, 3.8) is 0 Å². The first kappa shape index (κ1) is 13.8. The van der Waals surface area contributed by atoms with E-state index >= 15 is 0 Å². The van der Waals surface area contributed by atoms with E-state index in [1.807, 2.05) is 13.8 Å². The zero-order valence-corrected chi connectivity index (χ0v) is 12.1. The fraction of sp³-hybridized carbons (Fsp3) is 0.615. The zero-order chi connectivity index (χ0) is 15.5. The van der Waals surface area contributed by atoms with Gasteiger partial charge in [-0.1, -0.05) is 4.98 Å². The number of nitrogens with zero attached hydrogens (tertiary/aromatic N) is 2. The van der Waals surface area contributed by atoms with Gasteiger partial charge in [0.25, 0.3) is 5.56 Å². The summed E-state index contributed by atoms with van der Waals surface area (Å²) in [5, 5.41) is 9.51. The molecule has 22 heavy (non-hydrogen) atoms. The van der Waals surface area contributed by atoms with Gasteiger partial charge in [0.2, 0.25) is 11.7 Å². The molecule has 3 N–H and O–H groups in total. The second-order valence-electron chi connectivity index (χ2n) is 5.92. The Morgan fingerprint density at radius 1 is 1.36 bits per heavy atom. The maximum absolute atomic E-state index is 11.8. The van der Waals surface area contributed by atoms with Crippen molar-refractivity contribution in [3.8, 4) is 0 Å². The van der Waals surface area contributed by atoms with Gasteiger partial charge in [-0.25, -0.2) is 4.57 Å². The number of aliphatic hydroxyl groups is 1. The lowest BCUT2D eigenvalue weighted by Crippen LogP contribution is -2.46. The number of ether oxygens (including phenoxy) is 3. The molecule has 9 heteroatoms. The van der Waals surface area contributed by atoms with E-state index in [2.05, 4.69) is 15.0 Å². The van der Waals surface area contributed by atoms with E-state index in [1.54, 1.807) is 10.9 Å². The van der Waals surface area contributed by atoms with Crippen LogP contribution in [0.15, 0.2) is 17.4 Å². The number of imidazole rings is 1. The Hall–Kier alpha value is -1.81. The van der Waals surface area contributed by atoms with Gasteiger partial charge in [0.15, 0.2) is 18.4 Å². The average Bonchev–Trinajstić information content (AvgIpc) is 3.10. The summed E-state index contributed by atoms with van der Waals surface area (Å²) in [5.74, 6) is -0.748. The molecule has 2 aromatic rings. The Kier molecular flexibility index (Phi) is 2.89. The summed E-state index contributed by atoms with van der Waals surface area (Å²) < 4.78 is 19.3. The molecule has 0 radical (unpaired) electrons. The van der Waals surface area contributed by atoms with Crippen LogP contribution >= 0.6 is 0 Å². The lowest BCUT2D eigenvalue weighted by molar-refractivity contribution is -0.745. The summed E-state index contributed by atoms with van der Waals surface area (Å²) in [6.45, 7) is 3.47. The van der Waals surface area contributed by atoms with Crippen molar-refractivity contribution < 1.29 is 23.9 Å². The van der Waals surface area contributed by atoms with E-state index < -0.39 is 24.2 Å². The number of aromatic amines is 2. The molecule has 2 saturated heterocycles. The van der Waals surface area contributed by atoms with Crippen LogP contribution < -0.4 is 10.1 Å². The number of H-pyrrole nitrogens is 2. The molecule has 2 aromatic heterocycles. The molecule has 2 fully saturated rings. The highest BCUT2D eigenvalue weighted by Crippen LogP contribution is 2.41. The number of nitrogens with one attached hydrogen (secondary N) is 2. The first-order valence-corrected chi connectivity index (χ1v) is 7.08. The lowest BCUT2D eigenvalue weighted by Gasteiger charge is -2.22. The standard InChI is InChI=1S/C13H16N4O5/c1-13(2)21-8-6(3-18)20-12(9(8)22-13)17-5-16-7-10(17)14-4-15-11(7)19/h4-6,8-9,12,18H,3H2,1-2H3,(H,14,15,19)/p+1/t6-,8+,9+,12-/m0/s1. The Balaban J connectivity index is 1.78. The second kappa shape index (κ2) is 4.59. The first-order valence-electron chi connectivity index (χ1n) is 7.08. The molecule has 0 bridgehead atoms. The normalized spacial score (nSPS) is 33.4. The Bertz CT molecular complexity index is 769. The molecule has 118 valence electrons. The molecule has 0 saturated carbocycles. The summed E-state index contributed by atoms with van der Waals surface area (Å²) in [6.07, 6.45) is 1.16. The molecule has 4 rings (SSSR count). The van der Waals surface area contributed by atoms with Gasteiger partial charge < -0.3 is 19.3 Å². The van der Waals surface area contributed by atoms with Crippen molar-refractivity contribution >= 4 is 11.2 Å². The van der Waals surface area contributed by atoms with Crippen LogP contribution in [0.25, 0.3) is 11.2 Å². The van der Waals surface area contributed by atoms with E-state index in [0.29, 0.717) is 11.2 Å². The smallest absolute Gasteiger partial charge is 0.311 e. The van der Waals surface area contributed by atoms with Crippen LogP contribution in [0.3, 0.4) is 0 Å². The molecule has 2 aliphatic heterocycles. The highest BCUT2D eigenvalue weighted by molar-refractivity contribution is 5.63. The summed E-state index contributed by atoms with van der Waals surface area (Å²) in [5.41, 5.74) is 0.550. The topological polar surface area (TPSA) is 113 Å². The molecule has 4 atom stereocenters. The number of aliphatic hydroxyl groups excluding tert-OH is 1. The summed E-state index contributed by atoms with van der Waals surface area (Å²) >= 11 is 0. The maximum atomic E-state index is 11.8. The van der Waals surface area contributed by atoms with E-state index in [9.17, 15) is 9.90 Å². The van der Waals surface area contributed by atoms with Crippen LogP contribution in [0.4, 0.5) is 0 Å². The van der Waals surface area contributed by atoms with E-state index in [1.165, 1.54) is 6.33 Å². The zero-order valence-electron chi connectivity index (χ0n) is 12.1. The third-order valence-electron chi connectivity index (χ3n) is 4.01. The van der Waals surface area contributed by atoms with Gasteiger partial charge in [-0.2, -0.15) is 0 Å². The molecular formula is C13H17N4O5+. The van der Waals surface area contributed by atoms with Gasteiger partial charge in [0, 0.05) is 0 Å². The number of hydrogen-bond acceptors (Lipinski definition) is 6. The highest BCUT2D eigenvalue weighted by Gasteiger charge is 2.57. The summed E-state index contributed by atoms with van der Waals surface area (Å²) in [6, 6.07) is 0. The van der Waals surface area contributed by atoms with Gasteiger partial charge in [0.05, 0.1) is 6.61 Å². The predicted molar refractivity (Wildman–Crippen MR) is 71.7 cm³/mol. The van der Waals surface area contributed by atoms with Crippen molar-refractivity contribution in [3.05, 3.63) is 23.0 Å². The molecule has 4 heterocycles. The highest BCUT2D eigenvalue weighted by atomic mass is 16.8. The average molecular weight is 309 g/mol. The molecule has 0 spiro atoms. The van der Waals surface area contributed by atoms with E-state index in [0.717, 1.165) is 0 Å². The molecule has 0 unspecified atom stereocenters. The first-order chi connectivity index (χ1) is 10.5. The fourth-order valence-electron chi connectivity index (χ4n) is 3.14. The molecule has 0 aromatic carbocycles. The van der Waals surface area contributed by atoms with Crippen molar-refractivity contribution in [1.29, 1.82) is 0 Å². The van der Waals surface area contributed by atoms with Gasteiger partial charge >= 0.3 is 5.65 Å². The predicted octanol–water partition coefficient (Wildman–Crippen LogP) is -1.05. The SMILES string of the molecule is CC1(C)O[C@@H]2[C@H](O1)[C@H](CO)O[C@@H]2[n+]1c[nH]c2c(=O)[nH]cnc21. The molecule has 9 nitrogen and oxygen atoms in total. The minimum absolute atomic E-state index is 0.173. The van der Waals surface area contributed by atoms with Crippen LogP contribution in [-0.4, -0.2) is 50.8 Å². The Labute approximate surface area is 124 Å². The van der Waals surface area contributed by atoms with Crippen LogP contribution in [0.5, 0.6) is 0 Å². The van der Waals surface area contributed by atoms with Crippen LogP contribution in [0.1, 0.15) is 20.1 Å². The van der Waals surface area contributed by atoms with Crippen LogP contribution in [0.2, 0.25) is 0 Å². The molecular weight excluding hydrogens is 292 g/mol. The quantitative estimate of drug-likeness (QED) is 0.610. The Morgan fingerprint density at radius 3 is 2.91 bits per heavy atom. The van der Waals surface area contributed by atoms with Gasteiger partial charge in [-0.3, -0.25) is 14.8 Å². The number of aromatic nitrogens is 4. The van der Waals surface area contributed by atoms with Gasteiger partial charge in [0.1, 0.15) is 18.3 Å². The minimum atomic E-state index is -0.748. The van der Waals surface area contributed by atoms with Crippen LogP contribution in [0, 0.1) is 0 Å². The van der Waals surface area contributed by atoms with Gasteiger partial charge in [-0.05, 0) is 13.8 Å². The van der Waals surface area contributed by atoms with E-state index in [-0.39, 0.29) is 18.3 Å². The summed E-state index contributed by atoms with van der Waals surface area (Å²) in [4.78, 5) is 21.4. The second-order valence-corrected chi connectivity index (χ2v) is 5.92. The largest absolute Gasteiger partial charge is 0.394 e. The molecule has 2 aliphatic rings. The third-order valence-corrected chi connectivity index (χ3v) is 4.01. The van der Waals surface area contributed by atoms with E-state index in [4.69, 9.17) is 14.2 Å². The minimum Gasteiger partial charge on any atom is -0.394 e. The number of rotatable bonds is 2. The molecule has 0 aliphatic carbocycles.